The lowest BCUT2D eigenvalue weighted by Gasteiger charge is -2.11. The Bertz CT molecular complexity index is 675. The third kappa shape index (κ3) is 2.53. The van der Waals surface area contributed by atoms with Crippen LogP contribution >= 0.6 is 27.5 Å². The van der Waals surface area contributed by atoms with Crippen molar-refractivity contribution < 1.29 is 9.53 Å². The molecule has 102 valence electrons. The summed E-state index contributed by atoms with van der Waals surface area (Å²) in [6.07, 6.45) is 0. The van der Waals surface area contributed by atoms with Gasteiger partial charge in [0.05, 0.1) is 10.7 Å². The van der Waals surface area contributed by atoms with E-state index in [2.05, 4.69) is 21.2 Å². The molecule has 2 aromatic rings. The van der Waals surface area contributed by atoms with Gasteiger partial charge in [-0.05, 0) is 24.3 Å². The summed E-state index contributed by atoms with van der Waals surface area (Å²) in [6, 6.07) is 12.9. The molecule has 1 amide bonds. The number of hydrogen-bond donors (Lipinski definition) is 1. The molecule has 0 saturated heterocycles. The summed E-state index contributed by atoms with van der Waals surface area (Å²) < 4.78 is 6.38. The number of fused-ring (bicyclic) bond motifs is 1. The summed E-state index contributed by atoms with van der Waals surface area (Å²) in [5.41, 5.74) is 1.51. The molecule has 0 bridgehead atoms. The number of rotatable bonds is 2. The van der Waals surface area contributed by atoms with Crippen molar-refractivity contribution >= 4 is 39.1 Å². The van der Waals surface area contributed by atoms with Crippen LogP contribution in [0.15, 0.2) is 46.9 Å². The minimum Gasteiger partial charge on any atom is -0.492 e. The van der Waals surface area contributed by atoms with Gasteiger partial charge in [0.25, 0.3) is 0 Å². The maximum absolute atomic E-state index is 12.4. The molecular weight excluding hydrogens is 342 g/mol. The van der Waals surface area contributed by atoms with Gasteiger partial charge in [0.15, 0.2) is 0 Å². The van der Waals surface area contributed by atoms with E-state index in [1.165, 1.54) is 0 Å². The molecule has 2 aromatic carbocycles. The van der Waals surface area contributed by atoms with Crippen molar-refractivity contribution in [3.8, 4) is 5.75 Å². The van der Waals surface area contributed by atoms with E-state index in [9.17, 15) is 4.79 Å². The first kappa shape index (κ1) is 13.5. The van der Waals surface area contributed by atoms with Crippen LogP contribution in [0.4, 0.5) is 5.69 Å². The SMILES string of the molecule is O=C(Nc1cc(Br)ccc1Cl)C1COc2ccccc21. The van der Waals surface area contributed by atoms with Gasteiger partial charge in [-0.1, -0.05) is 45.7 Å². The van der Waals surface area contributed by atoms with E-state index in [0.717, 1.165) is 15.8 Å². The molecule has 0 spiro atoms. The van der Waals surface area contributed by atoms with Gasteiger partial charge in [0.2, 0.25) is 5.91 Å². The Hall–Kier alpha value is -1.52. The summed E-state index contributed by atoms with van der Waals surface area (Å²) in [5, 5.41) is 3.36. The highest BCUT2D eigenvalue weighted by molar-refractivity contribution is 9.10. The molecule has 1 aliphatic rings. The topological polar surface area (TPSA) is 38.3 Å². The maximum Gasteiger partial charge on any atom is 0.235 e. The van der Waals surface area contributed by atoms with Crippen molar-refractivity contribution in [1.29, 1.82) is 0 Å². The third-order valence-corrected chi connectivity index (χ3v) is 4.03. The Labute approximate surface area is 130 Å². The summed E-state index contributed by atoms with van der Waals surface area (Å²) in [4.78, 5) is 12.4. The summed E-state index contributed by atoms with van der Waals surface area (Å²) >= 11 is 9.44. The number of carbonyl (C=O) groups excluding carboxylic acids is 1. The number of hydrogen-bond acceptors (Lipinski definition) is 2. The van der Waals surface area contributed by atoms with E-state index in [-0.39, 0.29) is 11.8 Å². The van der Waals surface area contributed by atoms with Crippen LogP contribution in [0, 0.1) is 0 Å². The standard InChI is InChI=1S/C15H11BrClNO2/c16-9-5-6-12(17)13(7-9)18-15(19)11-8-20-14-4-2-1-3-10(11)14/h1-7,11H,8H2,(H,18,19). The first-order valence-electron chi connectivity index (χ1n) is 6.13. The molecule has 1 aliphatic heterocycles. The third-order valence-electron chi connectivity index (χ3n) is 3.20. The Morgan fingerprint density at radius 2 is 2.10 bits per heavy atom. The maximum atomic E-state index is 12.4. The number of anilines is 1. The average molecular weight is 353 g/mol. The number of ether oxygens (including phenoxy) is 1. The summed E-state index contributed by atoms with van der Waals surface area (Å²) in [7, 11) is 0. The molecule has 0 saturated carbocycles. The molecule has 1 heterocycles. The molecule has 3 rings (SSSR count). The molecule has 0 aliphatic carbocycles. The minimum atomic E-state index is -0.304. The fourth-order valence-corrected chi connectivity index (χ4v) is 2.72. The van der Waals surface area contributed by atoms with Crippen LogP contribution in [0.5, 0.6) is 5.75 Å². The van der Waals surface area contributed by atoms with Gasteiger partial charge in [0, 0.05) is 10.0 Å². The van der Waals surface area contributed by atoms with Gasteiger partial charge >= 0.3 is 0 Å². The van der Waals surface area contributed by atoms with Crippen LogP contribution in [-0.4, -0.2) is 12.5 Å². The Balaban J connectivity index is 1.83. The number of para-hydroxylation sites is 1. The lowest BCUT2D eigenvalue weighted by Crippen LogP contribution is -2.22. The number of nitrogens with one attached hydrogen (secondary N) is 1. The van der Waals surface area contributed by atoms with Gasteiger partial charge < -0.3 is 10.1 Å². The summed E-state index contributed by atoms with van der Waals surface area (Å²) in [5.74, 6) is 0.351. The van der Waals surface area contributed by atoms with Gasteiger partial charge in [-0.25, -0.2) is 0 Å². The van der Waals surface area contributed by atoms with E-state index in [1.54, 1.807) is 12.1 Å². The van der Waals surface area contributed by atoms with E-state index >= 15 is 0 Å². The van der Waals surface area contributed by atoms with E-state index < -0.39 is 0 Å². The molecule has 3 nitrogen and oxygen atoms in total. The van der Waals surface area contributed by atoms with Gasteiger partial charge in [-0.3, -0.25) is 4.79 Å². The van der Waals surface area contributed by atoms with E-state index in [0.29, 0.717) is 17.3 Å². The van der Waals surface area contributed by atoms with Crippen LogP contribution in [0.3, 0.4) is 0 Å². The highest BCUT2D eigenvalue weighted by atomic mass is 79.9. The Kier molecular flexibility index (Phi) is 3.68. The van der Waals surface area contributed by atoms with Crippen molar-refractivity contribution in [1.82, 2.24) is 0 Å². The largest absolute Gasteiger partial charge is 0.492 e. The minimum absolute atomic E-state index is 0.116. The zero-order valence-electron chi connectivity index (χ0n) is 10.4. The normalized spacial score (nSPS) is 16.4. The van der Waals surface area contributed by atoms with Crippen molar-refractivity contribution in [2.75, 3.05) is 11.9 Å². The molecule has 1 unspecified atom stereocenters. The van der Waals surface area contributed by atoms with Crippen molar-refractivity contribution in [2.45, 2.75) is 5.92 Å². The van der Waals surface area contributed by atoms with Crippen LogP contribution < -0.4 is 10.1 Å². The second kappa shape index (κ2) is 5.46. The van der Waals surface area contributed by atoms with Gasteiger partial charge in [-0.2, -0.15) is 0 Å². The zero-order valence-corrected chi connectivity index (χ0v) is 12.7. The van der Waals surface area contributed by atoms with E-state index in [1.807, 2.05) is 30.3 Å². The first-order valence-corrected chi connectivity index (χ1v) is 7.30. The molecule has 0 aromatic heterocycles. The zero-order chi connectivity index (χ0) is 14.1. The molecule has 0 fully saturated rings. The second-order valence-electron chi connectivity index (χ2n) is 4.51. The molecule has 1 atom stereocenters. The fourth-order valence-electron chi connectivity index (χ4n) is 2.19. The number of halogens is 2. The number of amides is 1. The molecule has 5 heteroatoms. The Morgan fingerprint density at radius 3 is 2.95 bits per heavy atom. The number of carbonyl (C=O) groups is 1. The molecule has 1 N–H and O–H groups in total. The van der Waals surface area contributed by atoms with Crippen molar-refractivity contribution in [3.63, 3.8) is 0 Å². The molecule has 0 radical (unpaired) electrons. The van der Waals surface area contributed by atoms with Crippen LogP contribution in [-0.2, 0) is 4.79 Å². The smallest absolute Gasteiger partial charge is 0.235 e. The first-order chi connectivity index (χ1) is 9.65. The fraction of sp³-hybridized carbons (Fsp3) is 0.133. The van der Waals surface area contributed by atoms with Crippen LogP contribution in [0.1, 0.15) is 11.5 Å². The van der Waals surface area contributed by atoms with Gasteiger partial charge in [0.1, 0.15) is 18.3 Å². The van der Waals surface area contributed by atoms with Crippen LogP contribution in [0.2, 0.25) is 5.02 Å². The Morgan fingerprint density at radius 1 is 1.30 bits per heavy atom. The molecular formula is C15H11BrClNO2. The highest BCUT2D eigenvalue weighted by Crippen LogP contribution is 2.35. The van der Waals surface area contributed by atoms with E-state index in [4.69, 9.17) is 16.3 Å². The number of benzene rings is 2. The lowest BCUT2D eigenvalue weighted by molar-refractivity contribution is -0.117. The highest BCUT2D eigenvalue weighted by Gasteiger charge is 2.30. The average Bonchev–Trinajstić information content (AvgIpc) is 2.87. The van der Waals surface area contributed by atoms with Crippen molar-refractivity contribution in [3.05, 3.63) is 57.5 Å². The van der Waals surface area contributed by atoms with Crippen LogP contribution in [0.25, 0.3) is 0 Å². The quantitative estimate of drug-likeness (QED) is 0.879. The lowest BCUT2D eigenvalue weighted by atomic mass is 10.0. The predicted molar refractivity (Wildman–Crippen MR) is 82.5 cm³/mol. The van der Waals surface area contributed by atoms with Gasteiger partial charge in [-0.15, -0.1) is 0 Å². The van der Waals surface area contributed by atoms with Crippen molar-refractivity contribution in [2.24, 2.45) is 0 Å². The summed E-state index contributed by atoms with van der Waals surface area (Å²) in [6.45, 7) is 0.358. The second-order valence-corrected chi connectivity index (χ2v) is 5.84. The monoisotopic (exact) mass is 351 g/mol. The molecule has 20 heavy (non-hydrogen) atoms. The predicted octanol–water partition coefficient (Wildman–Crippen LogP) is 4.22.